The molecule has 1 aliphatic rings. The molecular weight excluding hydrogens is 713 g/mol. The molecule has 280 valence electrons. The van der Waals surface area contributed by atoms with Crippen molar-refractivity contribution in [1.82, 2.24) is 0 Å². The second-order valence-electron chi connectivity index (χ2n) is 16.1. The Morgan fingerprint density at radius 2 is 0.898 bits per heavy atom. The van der Waals surface area contributed by atoms with Crippen LogP contribution in [0.2, 0.25) is 0 Å². The fourth-order valence-corrected chi connectivity index (χ4v) is 9.53. The average molecular weight is 755 g/mol. The van der Waals surface area contributed by atoms with Gasteiger partial charge in [-0.3, -0.25) is 0 Å². The monoisotopic (exact) mass is 754 g/mol. The Morgan fingerprint density at radius 3 is 1.63 bits per heavy atom. The van der Waals surface area contributed by atoms with Crippen LogP contribution < -0.4 is 9.80 Å². The van der Waals surface area contributed by atoms with Crippen LogP contribution in [-0.4, -0.2) is 0 Å². The summed E-state index contributed by atoms with van der Waals surface area (Å²) in [5.74, 6) is 0. The number of nitrogens with zero attached hydrogens (tertiary/aromatic N) is 2. The van der Waals surface area contributed by atoms with Gasteiger partial charge in [-0.2, -0.15) is 0 Å². The molecule has 2 nitrogen and oxygen atoms in total. The summed E-state index contributed by atoms with van der Waals surface area (Å²) in [6, 6.07) is 79.9. The van der Waals surface area contributed by atoms with Crippen LogP contribution in [0.1, 0.15) is 25.0 Å². The SMILES string of the molecule is CC1(C)c2ccccc2N(c2c(-c3ccc(N(c4ccccc4)c4ccccc4)cc3)ccc3ccccc23)c2ccc(-c3cc4ccccc4c4ccccc34)cc21. The Kier molecular flexibility index (Phi) is 8.20. The smallest absolute Gasteiger partial charge is 0.0618 e. The van der Waals surface area contributed by atoms with Crippen molar-refractivity contribution in [2.45, 2.75) is 19.3 Å². The van der Waals surface area contributed by atoms with Gasteiger partial charge in [0.15, 0.2) is 0 Å². The number of para-hydroxylation sites is 3. The maximum atomic E-state index is 2.55. The maximum Gasteiger partial charge on any atom is 0.0618 e. The van der Waals surface area contributed by atoms with Gasteiger partial charge in [-0.05, 0) is 115 Å². The van der Waals surface area contributed by atoms with Gasteiger partial charge in [-0.15, -0.1) is 0 Å². The summed E-state index contributed by atoms with van der Waals surface area (Å²) in [5, 5.41) is 7.53. The zero-order chi connectivity index (χ0) is 39.5. The lowest BCUT2D eigenvalue weighted by Gasteiger charge is -2.43. The van der Waals surface area contributed by atoms with E-state index in [-0.39, 0.29) is 5.41 Å². The molecule has 0 spiro atoms. The van der Waals surface area contributed by atoms with Gasteiger partial charge in [-0.25, -0.2) is 0 Å². The number of benzene rings is 10. The lowest BCUT2D eigenvalue weighted by atomic mass is 9.72. The van der Waals surface area contributed by atoms with Gasteiger partial charge in [0, 0.05) is 33.4 Å². The van der Waals surface area contributed by atoms with Crippen molar-refractivity contribution < 1.29 is 0 Å². The molecule has 10 aromatic carbocycles. The number of anilines is 6. The topological polar surface area (TPSA) is 6.48 Å². The van der Waals surface area contributed by atoms with Crippen LogP contribution in [0.3, 0.4) is 0 Å². The van der Waals surface area contributed by atoms with Gasteiger partial charge in [-0.1, -0.05) is 172 Å². The Bertz CT molecular complexity index is 3140. The van der Waals surface area contributed by atoms with Gasteiger partial charge in [0.05, 0.1) is 17.1 Å². The quantitative estimate of drug-likeness (QED) is 0.156. The molecule has 0 N–H and O–H groups in total. The highest BCUT2D eigenvalue weighted by atomic mass is 15.2. The molecule has 0 radical (unpaired) electrons. The third-order valence-electron chi connectivity index (χ3n) is 12.4. The molecule has 0 saturated carbocycles. The van der Waals surface area contributed by atoms with Crippen molar-refractivity contribution in [3.05, 3.63) is 230 Å². The molecule has 0 aliphatic carbocycles. The van der Waals surface area contributed by atoms with E-state index in [9.17, 15) is 0 Å². The summed E-state index contributed by atoms with van der Waals surface area (Å²) in [4.78, 5) is 4.87. The van der Waals surface area contributed by atoms with Gasteiger partial charge in [0.25, 0.3) is 0 Å². The van der Waals surface area contributed by atoms with E-state index in [1.807, 2.05) is 0 Å². The van der Waals surface area contributed by atoms with Crippen LogP contribution in [0.15, 0.2) is 218 Å². The van der Waals surface area contributed by atoms with E-state index in [0.29, 0.717) is 0 Å². The number of fused-ring (bicyclic) bond motifs is 6. The van der Waals surface area contributed by atoms with Crippen molar-refractivity contribution in [3.63, 3.8) is 0 Å². The molecule has 0 aromatic heterocycles. The summed E-state index contributed by atoms with van der Waals surface area (Å²) in [6.07, 6.45) is 0. The number of hydrogen-bond acceptors (Lipinski definition) is 2. The van der Waals surface area contributed by atoms with Crippen molar-refractivity contribution in [2.75, 3.05) is 9.80 Å². The lowest BCUT2D eigenvalue weighted by Crippen LogP contribution is -2.31. The Hall–Kier alpha value is -7.42. The molecule has 2 heteroatoms. The van der Waals surface area contributed by atoms with Crippen molar-refractivity contribution >= 4 is 66.4 Å². The normalized spacial score (nSPS) is 13.0. The first kappa shape index (κ1) is 34.8. The van der Waals surface area contributed by atoms with E-state index < -0.39 is 0 Å². The summed E-state index contributed by atoms with van der Waals surface area (Å²) >= 11 is 0. The zero-order valence-corrected chi connectivity index (χ0v) is 33.2. The van der Waals surface area contributed by atoms with Gasteiger partial charge < -0.3 is 9.80 Å². The molecule has 0 unspecified atom stereocenters. The highest BCUT2D eigenvalue weighted by Gasteiger charge is 2.38. The molecular formula is C57H42N2. The Labute approximate surface area is 345 Å². The Balaban J connectivity index is 1.11. The Morgan fingerprint density at radius 1 is 0.356 bits per heavy atom. The van der Waals surface area contributed by atoms with Crippen LogP contribution in [0.4, 0.5) is 34.1 Å². The highest BCUT2D eigenvalue weighted by Crippen LogP contribution is 2.56. The van der Waals surface area contributed by atoms with Crippen LogP contribution in [0.25, 0.3) is 54.6 Å². The minimum Gasteiger partial charge on any atom is -0.311 e. The highest BCUT2D eigenvalue weighted by molar-refractivity contribution is 6.14. The second kappa shape index (κ2) is 13.9. The first-order valence-corrected chi connectivity index (χ1v) is 20.5. The zero-order valence-electron chi connectivity index (χ0n) is 33.2. The minimum absolute atomic E-state index is 0.254. The number of hydrogen-bond donors (Lipinski definition) is 0. The molecule has 1 aliphatic heterocycles. The van der Waals surface area contributed by atoms with Crippen molar-refractivity contribution in [1.29, 1.82) is 0 Å². The molecule has 10 aromatic rings. The van der Waals surface area contributed by atoms with Gasteiger partial charge in [0.1, 0.15) is 0 Å². The fraction of sp³-hybridized carbons (Fsp3) is 0.0526. The third-order valence-corrected chi connectivity index (χ3v) is 12.4. The third kappa shape index (κ3) is 5.71. The van der Waals surface area contributed by atoms with Crippen molar-refractivity contribution in [3.8, 4) is 22.3 Å². The van der Waals surface area contributed by atoms with Crippen LogP contribution in [0, 0.1) is 0 Å². The largest absolute Gasteiger partial charge is 0.311 e. The number of rotatable bonds is 6. The average Bonchev–Trinajstić information content (AvgIpc) is 3.30. The lowest BCUT2D eigenvalue weighted by molar-refractivity contribution is 0.632. The summed E-state index contributed by atoms with van der Waals surface area (Å²) in [7, 11) is 0. The molecule has 59 heavy (non-hydrogen) atoms. The minimum atomic E-state index is -0.254. The molecule has 0 bridgehead atoms. The van der Waals surface area contributed by atoms with Gasteiger partial charge in [0.2, 0.25) is 0 Å². The van der Waals surface area contributed by atoms with Crippen LogP contribution in [0.5, 0.6) is 0 Å². The van der Waals surface area contributed by atoms with E-state index in [1.165, 1.54) is 82.8 Å². The first-order chi connectivity index (χ1) is 29.0. The van der Waals surface area contributed by atoms with Crippen LogP contribution >= 0.6 is 0 Å². The van der Waals surface area contributed by atoms with E-state index in [1.54, 1.807) is 0 Å². The van der Waals surface area contributed by atoms with E-state index in [4.69, 9.17) is 0 Å². The molecule has 1 heterocycles. The van der Waals surface area contributed by atoms with E-state index in [2.05, 4.69) is 242 Å². The molecule has 0 fully saturated rings. The van der Waals surface area contributed by atoms with E-state index >= 15 is 0 Å². The van der Waals surface area contributed by atoms with E-state index in [0.717, 1.165) is 17.1 Å². The standard InChI is InChI=1S/C57H42N2/c1-57(2)52-27-15-16-28-54(52)59(55-36-32-42(38-53(55)57)51-37-41-18-10-11-23-46(41)49-25-13-14-26-50(49)51)56-47-24-12-9-17-39(47)31-35-48(56)40-29-33-45(34-30-40)58(43-19-5-3-6-20-43)44-21-7-4-8-22-44/h3-38H,1-2H3. The molecule has 0 amide bonds. The molecule has 0 saturated heterocycles. The maximum absolute atomic E-state index is 2.55. The fourth-order valence-electron chi connectivity index (χ4n) is 9.53. The molecule has 0 atom stereocenters. The van der Waals surface area contributed by atoms with Crippen molar-refractivity contribution in [2.24, 2.45) is 0 Å². The van der Waals surface area contributed by atoms with Crippen LogP contribution in [-0.2, 0) is 5.41 Å². The predicted octanol–water partition coefficient (Wildman–Crippen LogP) is 16.1. The van der Waals surface area contributed by atoms with Gasteiger partial charge >= 0.3 is 0 Å². The summed E-state index contributed by atoms with van der Waals surface area (Å²) < 4.78 is 0. The summed E-state index contributed by atoms with van der Waals surface area (Å²) in [6.45, 7) is 4.77. The molecule has 11 rings (SSSR count). The first-order valence-electron chi connectivity index (χ1n) is 20.5. The summed E-state index contributed by atoms with van der Waals surface area (Å²) in [5.41, 5.74) is 14.2. The second-order valence-corrected chi connectivity index (χ2v) is 16.1. The predicted molar refractivity (Wildman–Crippen MR) is 251 cm³/mol.